The molecule has 0 saturated heterocycles. The van der Waals surface area contributed by atoms with Gasteiger partial charge in [0, 0.05) is 30.3 Å². The van der Waals surface area contributed by atoms with Gasteiger partial charge in [-0.15, -0.1) is 0 Å². The summed E-state index contributed by atoms with van der Waals surface area (Å²) in [5.74, 6) is 1.56. The highest BCUT2D eigenvalue weighted by molar-refractivity contribution is 5.78. The minimum atomic E-state index is -0.160. The number of carbonyl (C=O) groups is 1. The van der Waals surface area contributed by atoms with Crippen LogP contribution in [0.1, 0.15) is 43.8 Å². The van der Waals surface area contributed by atoms with Gasteiger partial charge < -0.3 is 14.5 Å². The molecule has 0 saturated carbocycles. The lowest BCUT2D eigenvalue weighted by molar-refractivity contribution is -0.119. The molecule has 0 radical (unpaired) electrons. The normalized spacial score (nSPS) is 12.1. The fraction of sp³-hybridized carbons (Fsp3) is 0.333. The highest BCUT2D eigenvalue weighted by Gasteiger charge is 2.13. The average molecular weight is 352 g/mol. The highest BCUT2D eigenvalue weighted by Crippen LogP contribution is 2.24. The number of ether oxygens (including phenoxy) is 1. The second-order valence-electron chi connectivity index (χ2n) is 6.36. The maximum Gasteiger partial charge on any atom is 0.217 e. The molecule has 3 rings (SSSR count). The van der Waals surface area contributed by atoms with E-state index in [1.165, 1.54) is 12.5 Å². The van der Waals surface area contributed by atoms with Crippen molar-refractivity contribution in [2.24, 2.45) is 0 Å². The minimum Gasteiger partial charge on any atom is -0.494 e. The number of amides is 1. The van der Waals surface area contributed by atoms with Gasteiger partial charge in [-0.3, -0.25) is 9.78 Å². The summed E-state index contributed by atoms with van der Waals surface area (Å²) in [6.45, 7) is 6.06. The summed E-state index contributed by atoms with van der Waals surface area (Å²) in [5.41, 5.74) is 3.03. The molecule has 5 heteroatoms. The van der Waals surface area contributed by atoms with Crippen LogP contribution in [0.4, 0.5) is 0 Å². The standard InChI is InChI=1S/C21H24N2O3/c1-4-25-19-9-6-16(7-10-19)5-8-18-12-21-17(13-22-18)11-20(26-21)14(2)23-15(3)24/h6-7,9-14H,4-5,8H2,1-3H3,(H,23,24). The zero-order chi connectivity index (χ0) is 18.5. The van der Waals surface area contributed by atoms with Crippen LogP contribution >= 0.6 is 0 Å². The van der Waals surface area contributed by atoms with E-state index in [1.807, 2.05) is 44.3 Å². The Balaban J connectivity index is 1.67. The van der Waals surface area contributed by atoms with Crippen molar-refractivity contribution in [3.8, 4) is 5.75 Å². The van der Waals surface area contributed by atoms with Crippen LogP contribution in [0.3, 0.4) is 0 Å². The van der Waals surface area contributed by atoms with Gasteiger partial charge >= 0.3 is 0 Å². The quantitative estimate of drug-likeness (QED) is 0.692. The number of fused-ring (bicyclic) bond motifs is 1. The Hall–Kier alpha value is -2.82. The van der Waals surface area contributed by atoms with Crippen molar-refractivity contribution in [2.75, 3.05) is 6.61 Å². The number of furan rings is 1. The van der Waals surface area contributed by atoms with E-state index in [2.05, 4.69) is 22.4 Å². The Morgan fingerprint density at radius 3 is 2.69 bits per heavy atom. The van der Waals surface area contributed by atoms with Gasteiger partial charge in [-0.2, -0.15) is 0 Å². The summed E-state index contributed by atoms with van der Waals surface area (Å²) in [6.07, 6.45) is 3.57. The number of pyridine rings is 1. The van der Waals surface area contributed by atoms with Crippen LogP contribution in [0.2, 0.25) is 0 Å². The average Bonchev–Trinajstić information content (AvgIpc) is 3.04. The van der Waals surface area contributed by atoms with E-state index in [0.29, 0.717) is 6.61 Å². The van der Waals surface area contributed by atoms with E-state index in [0.717, 1.165) is 41.0 Å². The molecule has 1 unspecified atom stereocenters. The second kappa shape index (κ2) is 8.04. The van der Waals surface area contributed by atoms with Gasteiger partial charge in [-0.05, 0) is 50.5 Å². The number of rotatable bonds is 7. The number of benzene rings is 1. The topological polar surface area (TPSA) is 64.4 Å². The summed E-state index contributed by atoms with van der Waals surface area (Å²) in [5, 5.41) is 3.78. The maximum absolute atomic E-state index is 11.2. The molecule has 1 amide bonds. The van der Waals surface area contributed by atoms with Crippen LogP contribution in [0.25, 0.3) is 11.0 Å². The first-order chi connectivity index (χ1) is 12.5. The molecule has 2 aromatic heterocycles. The van der Waals surface area contributed by atoms with E-state index >= 15 is 0 Å². The van der Waals surface area contributed by atoms with E-state index in [-0.39, 0.29) is 11.9 Å². The zero-order valence-electron chi connectivity index (χ0n) is 15.4. The van der Waals surface area contributed by atoms with Gasteiger partial charge in [-0.25, -0.2) is 0 Å². The number of aryl methyl sites for hydroxylation is 2. The van der Waals surface area contributed by atoms with Gasteiger partial charge in [0.2, 0.25) is 5.91 Å². The summed E-state index contributed by atoms with van der Waals surface area (Å²) < 4.78 is 11.4. The molecule has 1 aromatic carbocycles. The number of nitrogens with zero attached hydrogens (tertiary/aromatic N) is 1. The van der Waals surface area contributed by atoms with Crippen LogP contribution in [-0.2, 0) is 17.6 Å². The first kappa shape index (κ1) is 18.0. The molecular weight excluding hydrogens is 328 g/mol. The van der Waals surface area contributed by atoms with Crippen LogP contribution in [0, 0.1) is 0 Å². The molecule has 1 atom stereocenters. The molecule has 0 aliphatic carbocycles. The van der Waals surface area contributed by atoms with Crippen molar-refractivity contribution >= 4 is 16.9 Å². The van der Waals surface area contributed by atoms with Crippen LogP contribution in [0.5, 0.6) is 5.75 Å². The second-order valence-corrected chi connectivity index (χ2v) is 6.36. The fourth-order valence-corrected chi connectivity index (χ4v) is 2.91. The summed E-state index contributed by atoms with van der Waals surface area (Å²) >= 11 is 0. The van der Waals surface area contributed by atoms with Gasteiger partial charge in [0.1, 0.15) is 17.1 Å². The Kier molecular flexibility index (Phi) is 5.56. The molecule has 26 heavy (non-hydrogen) atoms. The zero-order valence-corrected chi connectivity index (χ0v) is 15.4. The molecule has 1 N–H and O–H groups in total. The van der Waals surface area contributed by atoms with Gasteiger partial charge in [0.25, 0.3) is 0 Å². The first-order valence-corrected chi connectivity index (χ1v) is 8.92. The Morgan fingerprint density at radius 2 is 2.00 bits per heavy atom. The molecule has 0 spiro atoms. The summed E-state index contributed by atoms with van der Waals surface area (Å²) in [7, 11) is 0. The Morgan fingerprint density at radius 1 is 1.23 bits per heavy atom. The third-order valence-corrected chi connectivity index (χ3v) is 4.23. The number of hydrogen-bond acceptors (Lipinski definition) is 4. The summed E-state index contributed by atoms with van der Waals surface area (Å²) in [6, 6.07) is 11.9. The minimum absolute atomic E-state index is 0.0767. The Bertz CT molecular complexity index is 884. The van der Waals surface area contributed by atoms with Crippen molar-refractivity contribution in [3.63, 3.8) is 0 Å². The van der Waals surface area contributed by atoms with Crippen molar-refractivity contribution in [2.45, 2.75) is 39.7 Å². The molecule has 136 valence electrons. The molecule has 2 heterocycles. The van der Waals surface area contributed by atoms with Crippen molar-refractivity contribution in [1.29, 1.82) is 0 Å². The summed E-state index contributed by atoms with van der Waals surface area (Å²) in [4.78, 5) is 15.7. The first-order valence-electron chi connectivity index (χ1n) is 8.92. The lowest BCUT2D eigenvalue weighted by atomic mass is 10.1. The number of carbonyl (C=O) groups excluding carboxylic acids is 1. The van der Waals surface area contributed by atoms with Gasteiger partial charge in [-0.1, -0.05) is 12.1 Å². The van der Waals surface area contributed by atoms with E-state index in [4.69, 9.17) is 9.15 Å². The van der Waals surface area contributed by atoms with Crippen molar-refractivity contribution in [1.82, 2.24) is 10.3 Å². The SMILES string of the molecule is CCOc1ccc(CCc2cc3oc(C(C)NC(C)=O)cc3cn2)cc1. The van der Waals surface area contributed by atoms with Crippen molar-refractivity contribution < 1.29 is 13.9 Å². The fourth-order valence-electron chi connectivity index (χ4n) is 2.91. The van der Waals surface area contributed by atoms with E-state index < -0.39 is 0 Å². The molecule has 0 aliphatic heterocycles. The lowest BCUT2D eigenvalue weighted by Crippen LogP contribution is -2.23. The van der Waals surface area contributed by atoms with Crippen LogP contribution < -0.4 is 10.1 Å². The lowest BCUT2D eigenvalue weighted by Gasteiger charge is -2.08. The monoisotopic (exact) mass is 352 g/mol. The highest BCUT2D eigenvalue weighted by atomic mass is 16.5. The smallest absolute Gasteiger partial charge is 0.217 e. The maximum atomic E-state index is 11.2. The molecule has 0 fully saturated rings. The van der Waals surface area contributed by atoms with Crippen LogP contribution in [0.15, 0.2) is 47.0 Å². The third kappa shape index (κ3) is 4.42. The van der Waals surface area contributed by atoms with Gasteiger partial charge in [0.15, 0.2) is 0 Å². The third-order valence-electron chi connectivity index (χ3n) is 4.23. The predicted octanol–water partition coefficient (Wildman–Crippen LogP) is 4.21. The van der Waals surface area contributed by atoms with Crippen molar-refractivity contribution in [3.05, 3.63) is 59.6 Å². The molecular formula is C21H24N2O3. The number of nitrogens with one attached hydrogen (secondary N) is 1. The number of aromatic nitrogens is 1. The van der Waals surface area contributed by atoms with E-state index in [1.54, 1.807) is 0 Å². The molecule has 0 aliphatic rings. The van der Waals surface area contributed by atoms with Crippen LogP contribution in [-0.4, -0.2) is 17.5 Å². The number of hydrogen-bond donors (Lipinski definition) is 1. The van der Waals surface area contributed by atoms with Gasteiger partial charge in [0.05, 0.1) is 12.6 Å². The van der Waals surface area contributed by atoms with E-state index in [9.17, 15) is 4.79 Å². The molecule has 0 bridgehead atoms. The molecule has 3 aromatic rings. The largest absolute Gasteiger partial charge is 0.494 e. The Labute approximate surface area is 153 Å². The predicted molar refractivity (Wildman–Crippen MR) is 101 cm³/mol. The molecule has 5 nitrogen and oxygen atoms in total.